The lowest BCUT2D eigenvalue weighted by molar-refractivity contribution is 0.166. The van der Waals surface area contributed by atoms with E-state index >= 15 is 0 Å². The second-order valence-corrected chi connectivity index (χ2v) is 3.74. The summed E-state index contributed by atoms with van der Waals surface area (Å²) < 4.78 is 5.59. The lowest BCUT2D eigenvalue weighted by Crippen LogP contribution is -2.04. The average molecular weight is 224 g/mol. The maximum absolute atomic E-state index is 9.79. The molecule has 16 heavy (non-hydrogen) atoms. The number of aliphatic hydroxyl groups excluding tert-OH is 2. The van der Waals surface area contributed by atoms with Crippen molar-refractivity contribution in [2.45, 2.75) is 32.3 Å². The van der Waals surface area contributed by atoms with Gasteiger partial charge in [-0.25, -0.2) is 0 Å². The SMILES string of the molecule is CC[C@@H](O)c1ccccc1OCCCCO. The van der Waals surface area contributed by atoms with Gasteiger partial charge in [-0.3, -0.25) is 0 Å². The molecule has 0 aliphatic heterocycles. The Bertz CT molecular complexity index is 299. The second kappa shape index (κ2) is 7.25. The van der Waals surface area contributed by atoms with Gasteiger partial charge in [-0.1, -0.05) is 25.1 Å². The molecule has 0 unspecified atom stereocenters. The van der Waals surface area contributed by atoms with E-state index in [1.807, 2.05) is 31.2 Å². The first-order valence-electron chi connectivity index (χ1n) is 5.80. The van der Waals surface area contributed by atoms with Crippen molar-refractivity contribution in [2.75, 3.05) is 13.2 Å². The van der Waals surface area contributed by atoms with E-state index in [-0.39, 0.29) is 6.61 Å². The molecule has 1 aromatic carbocycles. The van der Waals surface area contributed by atoms with Crippen LogP contribution >= 0.6 is 0 Å². The molecule has 0 saturated heterocycles. The minimum absolute atomic E-state index is 0.197. The molecule has 3 nitrogen and oxygen atoms in total. The maximum Gasteiger partial charge on any atom is 0.125 e. The molecule has 0 spiro atoms. The Balaban J connectivity index is 2.57. The fraction of sp³-hybridized carbons (Fsp3) is 0.538. The predicted octanol–water partition coefficient (Wildman–Crippen LogP) is 2.28. The molecule has 0 radical (unpaired) electrons. The molecule has 1 atom stereocenters. The highest BCUT2D eigenvalue weighted by Gasteiger charge is 2.10. The summed E-state index contributed by atoms with van der Waals surface area (Å²) in [7, 11) is 0. The molecule has 0 heterocycles. The van der Waals surface area contributed by atoms with Gasteiger partial charge in [0.05, 0.1) is 12.7 Å². The Hall–Kier alpha value is -1.06. The number of benzene rings is 1. The molecule has 3 heteroatoms. The quantitative estimate of drug-likeness (QED) is 0.699. The van der Waals surface area contributed by atoms with Crippen molar-refractivity contribution >= 4 is 0 Å². The maximum atomic E-state index is 9.79. The minimum atomic E-state index is -0.464. The van der Waals surface area contributed by atoms with Crippen LogP contribution in [0.1, 0.15) is 37.9 Å². The van der Waals surface area contributed by atoms with Gasteiger partial charge in [-0.05, 0) is 25.3 Å². The summed E-state index contributed by atoms with van der Waals surface area (Å²) in [6, 6.07) is 7.55. The first kappa shape index (κ1) is 13.0. The number of hydrogen-bond acceptors (Lipinski definition) is 3. The van der Waals surface area contributed by atoms with Crippen molar-refractivity contribution in [3.05, 3.63) is 29.8 Å². The Morgan fingerprint density at radius 3 is 2.69 bits per heavy atom. The average Bonchev–Trinajstić information content (AvgIpc) is 2.34. The summed E-state index contributed by atoms with van der Waals surface area (Å²) >= 11 is 0. The molecular formula is C13H20O3. The summed E-state index contributed by atoms with van der Waals surface area (Å²) in [5.41, 5.74) is 0.842. The summed E-state index contributed by atoms with van der Waals surface area (Å²) in [6.45, 7) is 2.71. The van der Waals surface area contributed by atoms with Crippen LogP contribution in [0.15, 0.2) is 24.3 Å². The fourth-order valence-electron chi connectivity index (χ4n) is 1.50. The fourth-order valence-corrected chi connectivity index (χ4v) is 1.50. The molecule has 0 amide bonds. The number of aliphatic hydroxyl groups is 2. The van der Waals surface area contributed by atoms with Gasteiger partial charge in [0.15, 0.2) is 0 Å². The van der Waals surface area contributed by atoms with E-state index in [0.717, 1.165) is 24.2 Å². The van der Waals surface area contributed by atoms with Crippen LogP contribution in [0.2, 0.25) is 0 Å². The highest BCUT2D eigenvalue weighted by atomic mass is 16.5. The van der Waals surface area contributed by atoms with Gasteiger partial charge in [-0.15, -0.1) is 0 Å². The van der Waals surface area contributed by atoms with E-state index in [9.17, 15) is 5.11 Å². The van der Waals surface area contributed by atoms with Gasteiger partial charge in [0.2, 0.25) is 0 Å². The van der Waals surface area contributed by atoms with Gasteiger partial charge in [0, 0.05) is 12.2 Å². The summed E-state index contributed by atoms with van der Waals surface area (Å²) in [6.07, 6.45) is 1.79. The molecule has 1 rings (SSSR count). The largest absolute Gasteiger partial charge is 0.493 e. The third kappa shape index (κ3) is 3.83. The van der Waals surface area contributed by atoms with Crippen molar-refractivity contribution < 1.29 is 14.9 Å². The van der Waals surface area contributed by atoms with E-state index in [4.69, 9.17) is 9.84 Å². The zero-order valence-electron chi connectivity index (χ0n) is 9.72. The van der Waals surface area contributed by atoms with Crippen LogP contribution in [0.5, 0.6) is 5.75 Å². The smallest absolute Gasteiger partial charge is 0.125 e. The number of hydrogen-bond donors (Lipinski definition) is 2. The molecule has 0 aliphatic carbocycles. The Labute approximate surface area is 96.7 Å². The van der Waals surface area contributed by atoms with Crippen LogP contribution in [-0.4, -0.2) is 23.4 Å². The van der Waals surface area contributed by atoms with Crippen LogP contribution in [-0.2, 0) is 0 Å². The van der Waals surface area contributed by atoms with Crippen molar-refractivity contribution in [1.29, 1.82) is 0 Å². The molecule has 0 aromatic heterocycles. The third-order valence-electron chi connectivity index (χ3n) is 2.47. The zero-order valence-corrected chi connectivity index (χ0v) is 9.72. The molecule has 90 valence electrons. The Morgan fingerprint density at radius 2 is 2.00 bits per heavy atom. The topological polar surface area (TPSA) is 49.7 Å². The van der Waals surface area contributed by atoms with Crippen molar-refractivity contribution in [3.63, 3.8) is 0 Å². The molecule has 0 fully saturated rings. The van der Waals surface area contributed by atoms with Crippen molar-refractivity contribution in [3.8, 4) is 5.75 Å². The van der Waals surface area contributed by atoms with Crippen molar-refractivity contribution in [1.82, 2.24) is 0 Å². The predicted molar refractivity (Wildman–Crippen MR) is 63.5 cm³/mol. The lowest BCUT2D eigenvalue weighted by atomic mass is 10.1. The van der Waals surface area contributed by atoms with Crippen molar-refractivity contribution in [2.24, 2.45) is 0 Å². The molecule has 0 saturated carbocycles. The van der Waals surface area contributed by atoms with Crippen LogP contribution in [0.25, 0.3) is 0 Å². The molecule has 0 bridgehead atoms. The van der Waals surface area contributed by atoms with E-state index in [2.05, 4.69) is 0 Å². The van der Waals surface area contributed by atoms with Gasteiger partial charge < -0.3 is 14.9 Å². The highest BCUT2D eigenvalue weighted by molar-refractivity contribution is 5.34. The Morgan fingerprint density at radius 1 is 1.25 bits per heavy atom. The summed E-state index contributed by atoms with van der Waals surface area (Å²) in [5.74, 6) is 0.745. The van der Waals surface area contributed by atoms with Gasteiger partial charge in [-0.2, -0.15) is 0 Å². The zero-order chi connectivity index (χ0) is 11.8. The van der Waals surface area contributed by atoms with Gasteiger partial charge in [0.1, 0.15) is 5.75 Å². The number of ether oxygens (including phenoxy) is 1. The van der Waals surface area contributed by atoms with Gasteiger partial charge >= 0.3 is 0 Å². The first-order chi connectivity index (χ1) is 7.79. The standard InChI is InChI=1S/C13H20O3/c1-2-12(15)11-7-3-4-8-13(11)16-10-6-5-9-14/h3-4,7-8,12,14-15H,2,5-6,9-10H2,1H3/t12-/m1/s1. The Kier molecular flexibility index (Phi) is 5.90. The third-order valence-corrected chi connectivity index (χ3v) is 2.47. The number of rotatable bonds is 7. The monoisotopic (exact) mass is 224 g/mol. The first-order valence-corrected chi connectivity index (χ1v) is 5.80. The number of para-hydroxylation sites is 1. The van der Waals surface area contributed by atoms with Crippen LogP contribution in [0, 0.1) is 0 Å². The highest BCUT2D eigenvalue weighted by Crippen LogP contribution is 2.26. The van der Waals surface area contributed by atoms with E-state index in [1.54, 1.807) is 0 Å². The lowest BCUT2D eigenvalue weighted by Gasteiger charge is -2.14. The normalized spacial score (nSPS) is 12.4. The van der Waals surface area contributed by atoms with Crippen LogP contribution in [0.4, 0.5) is 0 Å². The number of unbranched alkanes of at least 4 members (excludes halogenated alkanes) is 1. The van der Waals surface area contributed by atoms with Crippen LogP contribution < -0.4 is 4.74 Å². The molecule has 0 aliphatic rings. The molecular weight excluding hydrogens is 204 g/mol. The van der Waals surface area contributed by atoms with E-state index in [1.165, 1.54) is 0 Å². The van der Waals surface area contributed by atoms with Crippen LogP contribution in [0.3, 0.4) is 0 Å². The minimum Gasteiger partial charge on any atom is -0.493 e. The summed E-state index contributed by atoms with van der Waals surface area (Å²) in [5, 5.41) is 18.4. The summed E-state index contributed by atoms with van der Waals surface area (Å²) in [4.78, 5) is 0. The van der Waals surface area contributed by atoms with E-state index in [0.29, 0.717) is 13.0 Å². The second-order valence-electron chi connectivity index (χ2n) is 3.74. The molecule has 2 N–H and O–H groups in total. The van der Waals surface area contributed by atoms with E-state index < -0.39 is 6.10 Å². The molecule has 1 aromatic rings. The van der Waals surface area contributed by atoms with Gasteiger partial charge in [0.25, 0.3) is 0 Å².